The number of piperidine rings is 3. The Hall–Kier alpha value is -1.88. The van der Waals surface area contributed by atoms with E-state index in [4.69, 9.17) is 4.74 Å². The van der Waals surface area contributed by atoms with E-state index >= 15 is 0 Å². The van der Waals surface area contributed by atoms with Crippen molar-refractivity contribution in [3.63, 3.8) is 0 Å². The highest BCUT2D eigenvalue weighted by atomic mass is 16.5. The first kappa shape index (κ1) is 12.8. The number of fused-ring (bicyclic) bond motifs is 3. The van der Waals surface area contributed by atoms with Gasteiger partial charge in [0.05, 0.1) is 19.3 Å². The van der Waals surface area contributed by atoms with Gasteiger partial charge in [-0.15, -0.1) is 5.10 Å². The third kappa shape index (κ3) is 2.31. The van der Waals surface area contributed by atoms with Crippen LogP contribution in [0.4, 0.5) is 0 Å². The zero-order valence-electron chi connectivity index (χ0n) is 12.3. The summed E-state index contributed by atoms with van der Waals surface area (Å²) in [6.07, 6.45) is 4.68. The fourth-order valence-electron chi connectivity index (χ4n) is 3.57. The largest absolute Gasteiger partial charge is 0.497 e. The van der Waals surface area contributed by atoms with Gasteiger partial charge in [-0.1, -0.05) is 5.21 Å². The van der Waals surface area contributed by atoms with Crippen LogP contribution in [0.5, 0.6) is 5.75 Å². The van der Waals surface area contributed by atoms with E-state index in [9.17, 15) is 0 Å². The molecule has 3 saturated heterocycles. The average Bonchev–Trinajstić information content (AvgIpc) is 3.06. The van der Waals surface area contributed by atoms with E-state index in [2.05, 4.69) is 26.1 Å². The molecule has 4 heterocycles. The molecule has 3 aliphatic heterocycles. The van der Waals surface area contributed by atoms with Crippen molar-refractivity contribution in [2.75, 3.05) is 26.7 Å². The van der Waals surface area contributed by atoms with Gasteiger partial charge < -0.3 is 9.64 Å². The third-order valence-corrected chi connectivity index (χ3v) is 4.86. The normalized spacial score (nSPS) is 27.8. The smallest absolute Gasteiger partial charge is 0.118 e. The highest BCUT2D eigenvalue weighted by Crippen LogP contribution is 2.35. The Balaban J connectivity index is 1.57. The molecule has 3 fully saturated rings. The van der Waals surface area contributed by atoms with Crippen LogP contribution >= 0.6 is 0 Å². The van der Waals surface area contributed by atoms with Gasteiger partial charge >= 0.3 is 0 Å². The fourth-order valence-corrected chi connectivity index (χ4v) is 3.57. The highest BCUT2D eigenvalue weighted by molar-refractivity contribution is 5.58. The van der Waals surface area contributed by atoms with Crippen LogP contribution in [0.25, 0.3) is 11.3 Å². The van der Waals surface area contributed by atoms with Crippen LogP contribution in [0.15, 0.2) is 30.5 Å². The molecule has 0 spiro atoms. The molecule has 5 heteroatoms. The second-order valence-corrected chi connectivity index (χ2v) is 6.02. The summed E-state index contributed by atoms with van der Waals surface area (Å²) in [5.41, 5.74) is 2.03. The Morgan fingerprint density at radius 2 is 1.90 bits per heavy atom. The van der Waals surface area contributed by atoms with Gasteiger partial charge in [0.2, 0.25) is 0 Å². The van der Waals surface area contributed by atoms with E-state index < -0.39 is 0 Å². The summed E-state index contributed by atoms with van der Waals surface area (Å²) in [5, 5.41) is 8.74. The SMILES string of the molecule is COc1ccc(-c2cn([C@H]3CN4CCC3CC4)nn2)cc1. The van der Waals surface area contributed by atoms with E-state index in [0.29, 0.717) is 6.04 Å². The van der Waals surface area contributed by atoms with Gasteiger partial charge in [0.1, 0.15) is 11.4 Å². The summed E-state index contributed by atoms with van der Waals surface area (Å²) in [6.45, 7) is 3.62. The summed E-state index contributed by atoms with van der Waals surface area (Å²) in [6, 6.07) is 8.48. The molecule has 0 amide bonds. The third-order valence-electron chi connectivity index (χ3n) is 4.86. The van der Waals surface area contributed by atoms with Crippen molar-refractivity contribution in [2.45, 2.75) is 18.9 Å². The predicted molar refractivity (Wildman–Crippen MR) is 80.2 cm³/mol. The number of hydrogen-bond acceptors (Lipinski definition) is 4. The minimum atomic E-state index is 0.493. The Morgan fingerprint density at radius 3 is 2.52 bits per heavy atom. The average molecular weight is 284 g/mol. The zero-order valence-corrected chi connectivity index (χ0v) is 12.3. The molecule has 110 valence electrons. The van der Waals surface area contributed by atoms with E-state index in [1.165, 1.54) is 25.9 Å². The van der Waals surface area contributed by atoms with Crippen LogP contribution in [0, 0.1) is 5.92 Å². The molecule has 0 N–H and O–H groups in total. The lowest BCUT2D eigenvalue weighted by Crippen LogP contribution is -2.48. The van der Waals surface area contributed by atoms with Crippen molar-refractivity contribution in [3.8, 4) is 17.0 Å². The molecular formula is C16H20N4O. The summed E-state index contributed by atoms with van der Waals surface area (Å²) in [5.74, 6) is 1.63. The van der Waals surface area contributed by atoms with Gasteiger partial charge in [0.25, 0.3) is 0 Å². The molecule has 0 unspecified atom stereocenters. The molecule has 5 rings (SSSR count). The molecular weight excluding hydrogens is 264 g/mol. The van der Waals surface area contributed by atoms with Crippen LogP contribution in [0.3, 0.4) is 0 Å². The van der Waals surface area contributed by atoms with Crippen molar-refractivity contribution in [2.24, 2.45) is 5.92 Å². The molecule has 0 aliphatic carbocycles. The van der Waals surface area contributed by atoms with Crippen molar-refractivity contribution in [3.05, 3.63) is 30.5 Å². The molecule has 2 bridgehead atoms. The van der Waals surface area contributed by atoms with Crippen LogP contribution < -0.4 is 4.74 Å². The van der Waals surface area contributed by atoms with Gasteiger partial charge in [-0.05, 0) is 56.1 Å². The van der Waals surface area contributed by atoms with Gasteiger partial charge in [0.15, 0.2) is 0 Å². The maximum absolute atomic E-state index is 5.19. The Labute approximate surface area is 124 Å². The topological polar surface area (TPSA) is 43.2 Å². The van der Waals surface area contributed by atoms with Gasteiger partial charge in [0, 0.05) is 12.1 Å². The molecule has 0 saturated carbocycles. The van der Waals surface area contributed by atoms with E-state index in [-0.39, 0.29) is 0 Å². The van der Waals surface area contributed by atoms with Crippen LogP contribution in [-0.4, -0.2) is 46.6 Å². The van der Waals surface area contributed by atoms with E-state index in [1.54, 1.807) is 7.11 Å². The van der Waals surface area contributed by atoms with Crippen LogP contribution in [-0.2, 0) is 0 Å². The minimum Gasteiger partial charge on any atom is -0.497 e. The Bertz CT molecular complexity index is 613. The maximum atomic E-state index is 5.19. The van der Waals surface area contributed by atoms with Gasteiger partial charge in [-0.3, -0.25) is 0 Å². The first-order valence-corrected chi connectivity index (χ1v) is 7.62. The van der Waals surface area contributed by atoms with E-state index in [0.717, 1.165) is 29.5 Å². The first-order valence-electron chi connectivity index (χ1n) is 7.62. The second-order valence-electron chi connectivity index (χ2n) is 6.02. The molecule has 21 heavy (non-hydrogen) atoms. The number of ether oxygens (including phenoxy) is 1. The molecule has 1 aromatic heterocycles. The standard InChI is InChI=1S/C16H20N4O/c1-21-14-4-2-12(3-5-14)15-10-20(18-17-15)16-11-19-8-6-13(16)7-9-19/h2-5,10,13,16H,6-9,11H2,1H3/t16-/m0/s1. The van der Waals surface area contributed by atoms with E-state index in [1.807, 2.05) is 24.3 Å². The Kier molecular flexibility index (Phi) is 3.15. The van der Waals surface area contributed by atoms with Gasteiger partial charge in [-0.2, -0.15) is 0 Å². The highest BCUT2D eigenvalue weighted by Gasteiger charge is 2.35. The molecule has 2 aromatic rings. The minimum absolute atomic E-state index is 0.493. The van der Waals surface area contributed by atoms with Gasteiger partial charge in [-0.25, -0.2) is 4.68 Å². The number of benzene rings is 1. The number of methoxy groups -OCH3 is 1. The number of hydrogen-bond donors (Lipinski definition) is 0. The lowest BCUT2D eigenvalue weighted by molar-refractivity contribution is 0.0504. The summed E-state index contributed by atoms with van der Waals surface area (Å²) in [7, 11) is 1.68. The van der Waals surface area contributed by atoms with Crippen LogP contribution in [0.2, 0.25) is 0 Å². The number of rotatable bonds is 3. The molecule has 3 aliphatic rings. The summed E-state index contributed by atoms with van der Waals surface area (Å²) >= 11 is 0. The van der Waals surface area contributed by atoms with Crippen molar-refractivity contribution < 1.29 is 4.74 Å². The number of aromatic nitrogens is 3. The van der Waals surface area contributed by atoms with Crippen LogP contribution in [0.1, 0.15) is 18.9 Å². The second kappa shape index (κ2) is 5.15. The monoisotopic (exact) mass is 284 g/mol. The number of nitrogens with zero attached hydrogens (tertiary/aromatic N) is 4. The fraction of sp³-hybridized carbons (Fsp3) is 0.500. The molecule has 0 radical (unpaired) electrons. The summed E-state index contributed by atoms with van der Waals surface area (Å²) in [4.78, 5) is 2.54. The van der Waals surface area contributed by atoms with Crippen molar-refractivity contribution >= 4 is 0 Å². The predicted octanol–water partition coefficient (Wildman–Crippen LogP) is 2.22. The Morgan fingerprint density at radius 1 is 1.14 bits per heavy atom. The molecule has 1 atom stereocenters. The first-order chi connectivity index (χ1) is 10.3. The lowest BCUT2D eigenvalue weighted by Gasteiger charge is -2.44. The molecule has 5 nitrogen and oxygen atoms in total. The van der Waals surface area contributed by atoms with Crippen molar-refractivity contribution in [1.29, 1.82) is 0 Å². The summed E-state index contributed by atoms with van der Waals surface area (Å²) < 4.78 is 7.27. The quantitative estimate of drug-likeness (QED) is 0.867. The maximum Gasteiger partial charge on any atom is 0.118 e. The molecule has 1 aromatic carbocycles. The zero-order chi connectivity index (χ0) is 14.2. The lowest BCUT2D eigenvalue weighted by atomic mass is 9.84. The van der Waals surface area contributed by atoms with Crippen molar-refractivity contribution in [1.82, 2.24) is 19.9 Å².